The zero-order valence-corrected chi connectivity index (χ0v) is 11.1. The highest BCUT2D eigenvalue weighted by Gasteiger charge is 2.19. The molecule has 0 unspecified atom stereocenters. The molecule has 0 fully saturated rings. The quantitative estimate of drug-likeness (QED) is 0.693. The summed E-state index contributed by atoms with van der Waals surface area (Å²) in [7, 11) is 0. The van der Waals surface area contributed by atoms with Gasteiger partial charge in [0.05, 0.1) is 5.02 Å². The fourth-order valence-electron chi connectivity index (χ4n) is 1.36. The van der Waals surface area contributed by atoms with Gasteiger partial charge in [-0.2, -0.15) is 0 Å². The van der Waals surface area contributed by atoms with Gasteiger partial charge in [0.15, 0.2) is 6.61 Å². The molecule has 0 radical (unpaired) electrons. The number of carbonyl (C=O) groups excluding carboxylic acids is 1. The number of nitrogens with one attached hydrogen (secondary N) is 1. The Hall–Kier alpha value is -1.86. The summed E-state index contributed by atoms with van der Waals surface area (Å²) < 4.78 is 17.8. The van der Waals surface area contributed by atoms with Crippen molar-refractivity contribution in [2.75, 3.05) is 13.2 Å². The topological polar surface area (TPSA) is 95.9 Å². The van der Waals surface area contributed by atoms with Crippen LogP contribution in [0.5, 0.6) is 5.75 Å². The maximum Gasteiger partial charge on any atom is 0.326 e. The molecule has 0 heterocycles. The van der Waals surface area contributed by atoms with Crippen molar-refractivity contribution in [2.45, 2.75) is 12.5 Å². The van der Waals surface area contributed by atoms with Crippen LogP contribution in [-0.2, 0) is 9.59 Å². The van der Waals surface area contributed by atoms with Crippen LogP contribution in [0.3, 0.4) is 0 Å². The monoisotopic (exact) mass is 305 g/mol. The number of ether oxygens (including phenoxy) is 1. The van der Waals surface area contributed by atoms with Gasteiger partial charge in [0.25, 0.3) is 5.91 Å². The van der Waals surface area contributed by atoms with E-state index in [-0.39, 0.29) is 23.8 Å². The van der Waals surface area contributed by atoms with E-state index in [1.54, 1.807) is 0 Å². The Morgan fingerprint density at radius 3 is 2.70 bits per heavy atom. The zero-order valence-electron chi connectivity index (χ0n) is 10.3. The summed E-state index contributed by atoms with van der Waals surface area (Å²) in [6, 6.07) is 2.21. The number of hydrogen-bond donors (Lipinski definition) is 3. The lowest BCUT2D eigenvalue weighted by atomic mass is 10.2. The van der Waals surface area contributed by atoms with E-state index in [1.807, 2.05) is 0 Å². The second kappa shape index (κ2) is 7.66. The molecule has 1 aromatic rings. The molecule has 0 saturated carbocycles. The van der Waals surface area contributed by atoms with Gasteiger partial charge in [-0.3, -0.25) is 4.79 Å². The number of hydrogen-bond acceptors (Lipinski definition) is 4. The fourth-order valence-corrected chi connectivity index (χ4v) is 1.58. The maximum absolute atomic E-state index is 12.8. The lowest BCUT2D eigenvalue weighted by Crippen LogP contribution is -2.43. The summed E-state index contributed by atoms with van der Waals surface area (Å²) in [5.41, 5.74) is 0. The molecule has 0 aliphatic rings. The van der Waals surface area contributed by atoms with E-state index < -0.39 is 30.3 Å². The molecule has 1 aromatic carbocycles. The van der Waals surface area contributed by atoms with Crippen LogP contribution in [0.15, 0.2) is 18.2 Å². The van der Waals surface area contributed by atoms with Crippen molar-refractivity contribution >= 4 is 23.5 Å². The predicted octanol–water partition coefficient (Wildman–Crippen LogP) is 0.810. The molecular formula is C12H13ClFNO5. The number of halogens is 2. The second-order valence-electron chi connectivity index (χ2n) is 3.83. The van der Waals surface area contributed by atoms with Crippen LogP contribution in [-0.4, -0.2) is 41.3 Å². The summed E-state index contributed by atoms with van der Waals surface area (Å²) in [6.45, 7) is -0.845. The number of rotatable bonds is 7. The van der Waals surface area contributed by atoms with Crippen molar-refractivity contribution in [1.29, 1.82) is 0 Å². The third-order valence-electron chi connectivity index (χ3n) is 2.30. The van der Waals surface area contributed by atoms with E-state index in [9.17, 15) is 14.0 Å². The van der Waals surface area contributed by atoms with Crippen molar-refractivity contribution in [1.82, 2.24) is 5.32 Å². The minimum Gasteiger partial charge on any atom is -0.482 e. The van der Waals surface area contributed by atoms with E-state index >= 15 is 0 Å². The van der Waals surface area contributed by atoms with Crippen molar-refractivity contribution in [3.63, 3.8) is 0 Å². The molecule has 6 nitrogen and oxygen atoms in total. The standard InChI is InChI=1S/C12H13ClFNO5/c13-8-5-7(14)1-2-10(8)20-6-11(17)15-9(3-4-16)12(18)19/h1-2,5,9,16H,3-4,6H2,(H,15,17)(H,18,19)/t9-/m1/s1. The molecule has 110 valence electrons. The number of aliphatic hydroxyl groups excluding tert-OH is 1. The third-order valence-corrected chi connectivity index (χ3v) is 2.60. The molecule has 1 amide bonds. The Morgan fingerprint density at radius 2 is 2.15 bits per heavy atom. The molecule has 1 rings (SSSR count). The van der Waals surface area contributed by atoms with Crippen LogP contribution in [0.1, 0.15) is 6.42 Å². The fraction of sp³-hybridized carbons (Fsp3) is 0.333. The van der Waals surface area contributed by atoms with E-state index in [0.717, 1.165) is 12.1 Å². The largest absolute Gasteiger partial charge is 0.482 e. The summed E-state index contributed by atoms with van der Waals surface area (Å²) >= 11 is 5.70. The summed E-state index contributed by atoms with van der Waals surface area (Å²) in [5, 5.41) is 19.6. The lowest BCUT2D eigenvalue weighted by molar-refractivity contribution is -0.142. The van der Waals surface area contributed by atoms with Crippen molar-refractivity contribution in [2.24, 2.45) is 0 Å². The SMILES string of the molecule is O=C(COc1ccc(F)cc1Cl)N[C@H](CCO)C(=O)O. The molecule has 3 N–H and O–H groups in total. The van der Waals surface area contributed by atoms with E-state index in [0.29, 0.717) is 0 Å². The number of amides is 1. The molecule has 20 heavy (non-hydrogen) atoms. The Kier molecular flexibility index (Phi) is 6.20. The van der Waals surface area contributed by atoms with Crippen molar-refractivity contribution in [3.05, 3.63) is 29.0 Å². The van der Waals surface area contributed by atoms with Gasteiger partial charge in [0.2, 0.25) is 0 Å². The van der Waals surface area contributed by atoms with Crippen LogP contribution in [0.4, 0.5) is 4.39 Å². The summed E-state index contributed by atoms with van der Waals surface area (Å²) in [6.07, 6.45) is -0.113. The molecule has 0 saturated heterocycles. The van der Waals surface area contributed by atoms with Gasteiger partial charge in [-0.05, 0) is 18.2 Å². The van der Waals surface area contributed by atoms with E-state index in [4.69, 9.17) is 26.6 Å². The Labute approximate surface area is 119 Å². The maximum atomic E-state index is 12.8. The minimum absolute atomic E-state index is 0.00272. The first-order valence-electron chi connectivity index (χ1n) is 5.65. The number of benzene rings is 1. The number of carboxylic acids is 1. The first kappa shape index (κ1) is 16.2. The number of aliphatic hydroxyl groups is 1. The van der Waals surface area contributed by atoms with Crippen LogP contribution in [0, 0.1) is 5.82 Å². The van der Waals surface area contributed by atoms with Gasteiger partial charge >= 0.3 is 5.97 Å². The molecule has 1 atom stereocenters. The van der Waals surface area contributed by atoms with Gasteiger partial charge in [0, 0.05) is 13.0 Å². The first-order valence-corrected chi connectivity index (χ1v) is 6.02. The normalized spacial score (nSPS) is 11.8. The summed E-state index contributed by atoms with van der Waals surface area (Å²) in [5.74, 6) is -2.38. The van der Waals surface area contributed by atoms with Crippen LogP contribution in [0.25, 0.3) is 0 Å². The molecule has 0 aliphatic carbocycles. The van der Waals surface area contributed by atoms with E-state index in [1.165, 1.54) is 6.07 Å². The Balaban J connectivity index is 2.52. The highest BCUT2D eigenvalue weighted by molar-refractivity contribution is 6.32. The lowest BCUT2D eigenvalue weighted by Gasteiger charge is -2.14. The predicted molar refractivity (Wildman–Crippen MR) is 68.2 cm³/mol. The van der Waals surface area contributed by atoms with Crippen LogP contribution < -0.4 is 10.1 Å². The van der Waals surface area contributed by atoms with Gasteiger partial charge in [0.1, 0.15) is 17.6 Å². The van der Waals surface area contributed by atoms with E-state index in [2.05, 4.69) is 5.32 Å². The highest BCUT2D eigenvalue weighted by atomic mass is 35.5. The molecule has 8 heteroatoms. The average molecular weight is 306 g/mol. The zero-order chi connectivity index (χ0) is 15.1. The summed E-state index contributed by atoms with van der Waals surface area (Å²) in [4.78, 5) is 22.2. The van der Waals surface area contributed by atoms with Gasteiger partial charge in [-0.15, -0.1) is 0 Å². The van der Waals surface area contributed by atoms with Gasteiger partial charge < -0.3 is 20.3 Å². The third kappa shape index (κ3) is 5.02. The van der Waals surface area contributed by atoms with Crippen LogP contribution in [0.2, 0.25) is 5.02 Å². The smallest absolute Gasteiger partial charge is 0.326 e. The highest BCUT2D eigenvalue weighted by Crippen LogP contribution is 2.24. The minimum atomic E-state index is -1.26. The Morgan fingerprint density at radius 1 is 1.45 bits per heavy atom. The molecule has 0 bridgehead atoms. The van der Waals surface area contributed by atoms with Crippen LogP contribution >= 0.6 is 11.6 Å². The van der Waals surface area contributed by atoms with Crippen molar-refractivity contribution in [3.8, 4) is 5.75 Å². The number of carboxylic acid groups (broad SMARTS) is 1. The molecular weight excluding hydrogens is 293 g/mol. The molecule has 0 spiro atoms. The second-order valence-corrected chi connectivity index (χ2v) is 4.24. The first-order chi connectivity index (χ1) is 9.43. The number of carbonyl (C=O) groups is 2. The molecule has 0 aromatic heterocycles. The average Bonchev–Trinajstić information content (AvgIpc) is 2.37. The van der Waals surface area contributed by atoms with Crippen molar-refractivity contribution < 1.29 is 28.9 Å². The van der Waals surface area contributed by atoms with Gasteiger partial charge in [-0.1, -0.05) is 11.6 Å². The molecule has 0 aliphatic heterocycles. The van der Waals surface area contributed by atoms with Gasteiger partial charge in [-0.25, -0.2) is 9.18 Å². The Bertz CT molecular complexity index is 497. The number of aliphatic carboxylic acids is 1.